The van der Waals surface area contributed by atoms with Gasteiger partial charge in [0, 0.05) is 18.9 Å². The zero-order valence-electron chi connectivity index (χ0n) is 13.6. The molecule has 0 spiro atoms. The fourth-order valence-electron chi connectivity index (χ4n) is 2.42. The van der Waals surface area contributed by atoms with Gasteiger partial charge in [0.05, 0.1) is 17.8 Å². The first-order valence-electron chi connectivity index (χ1n) is 7.82. The van der Waals surface area contributed by atoms with Crippen LogP contribution in [-0.2, 0) is 6.54 Å². The number of carbonyl (C=O) groups excluding carboxylic acids is 1. The quantitative estimate of drug-likeness (QED) is 0.733. The number of amides is 2. The standard InChI is InChI=1S/C17H24N4O2/c1-3-9-17(2,13-22)20-16(23)18-12-14-5-7-15(8-6-14)21-11-4-10-19-21/h4-8,10-11,22H,3,9,12-13H2,1-2H3,(H2,18,20,23). The van der Waals surface area contributed by atoms with E-state index in [0.29, 0.717) is 6.54 Å². The molecular weight excluding hydrogens is 292 g/mol. The van der Waals surface area contributed by atoms with Crippen LogP contribution < -0.4 is 10.6 Å². The summed E-state index contributed by atoms with van der Waals surface area (Å²) in [6.45, 7) is 4.22. The highest BCUT2D eigenvalue weighted by atomic mass is 16.3. The van der Waals surface area contributed by atoms with Crippen molar-refractivity contribution in [3.8, 4) is 5.69 Å². The molecule has 2 rings (SSSR count). The van der Waals surface area contributed by atoms with E-state index < -0.39 is 5.54 Å². The summed E-state index contributed by atoms with van der Waals surface area (Å²) < 4.78 is 1.78. The Labute approximate surface area is 136 Å². The van der Waals surface area contributed by atoms with Gasteiger partial charge in [-0.05, 0) is 37.1 Å². The van der Waals surface area contributed by atoms with Gasteiger partial charge in [-0.3, -0.25) is 0 Å². The van der Waals surface area contributed by atoms with Crippen molar-refractivity contribution >= 4 is 6.03 Å². The lowest BCUT2D eigenvalue weighted by molar-refractivity contribution is 0.163. The monoisotopic (exact) mass is 316 g/mol. The van der Waals surface area contributed by atoms with Crippen LogP contribution in [0.4, 0.5) is 4.79 Å². The molecule has 6 nitrogen and oxygen atoms in total. The Hall–Kier alpha value is -2.34. The molecule has 6 heteroatoms. The van der Waals surface area contributed by atoms with E-state index in [1.165, 1.54) is 0 Å². The average molecular weight is 316 g/mol. The second-order valence-electron chi connectivity index (χ2n) is 5.89. The van der Waals surface area contributed by atoms with Crippen LogP contribution in [0.25, 0.3) is 5.69 Å². The molecule has 2 amide bonds. The maximum Gasteiger partial charge on any atom is 0.315 e. The zero-order valence-corrected chi connectivity index (χ0v) is 13.6. The zero-order chi connectivity index (χ0) is 16.7. The first-order chi connectivity index (χ1) is 11.1. The second kappa shape index (κ2) is 7.78. The van der Waals surface area contributed by atoms with Crippen molar-refractivity contribution in [2.24, 2.45) is 0 Å². The maximum atomic E-state index is 12.0. The topological polar surface area (TPSA) is 79.2 Å². The van der Waals surface area contributed by atoms with Crippen LogP contribution in [0.15, 0.2) is 42.7 Å². The van der Waals surface area contributed by atoms with Gasteiger partial charge in [-0.1, -0.05) is 25.5 Å². The average Bonchev–Trinajstić information content (AvgIpc) is 3.08. The van der Waals surface area contributed by atoms with Gasteiger partial charge in [-0.2, -0.15) is 5.10 Å². The van der Waals surface area contributed by atoms with Crippen molar-refractivity contribution in [2.45, 2.75) is 38.8 Å². The Morgan fingerprint density at radius 2 is 2.09 bits per heavy atom. The van der Waals surface area contributed by atoms with E-state index in [2.05, 4.69) is 15.7 Å². The Morgan fingerprint density at radius 1 is 1.35 bits per heavy atom. The van der Waals surface area contributed by atoms with Crippen LogP contribution in [0, 0.1) is 0 Å². The lowest BCUT2D eigenvalue weighted by atomic mass is 9.98. The van der Waals surface area contributed by atoms with Gasteiger partial charge >= 0.3 is 6.03 Å². The molecule has 3 N–H and O–H groups in total. The SMILES string of the molecule is CCCC(C)(CO)NC(=O)NCc1ccc(-n2cccn2)cc1. The number of urea groups is 1. The predicted octanol–water partition coefficient (Wildman–Crippen LogP) is 2.22. The van der Waals surface area contributed by atoms with Gasteiger partial charge < -0.3 is 15.7 Å². The normalized spacial score (nSPS) is 13.3. The molecule has 1 atom stereocenters. The van der Waals surface area contributed by atoms with E-state index in [1.807, 2.05) is 50.4 Å². The maximum absolute atomic E-state index is 12.0. The molecule has 0 aliphatic heterocycles. The molecule has 23 heavy (non-hydrogen) atoms. The smallest absolute Gasteiger partial charge is 0.315 e. The molecule has 124 valence electrons. The third-order valence-corrected chi connectivity index (χ3v) is 3.72. The number of aromatic nitrogens is 2. The van der Waals surface area contributed by atoms with E-state index in [0.717, 1.165) is 24.1 Å². The molecule has 0 saturated heterocycles. The second-order valence-corrected chi connectivity index (χ2v) is 5.89. The van der Waals surface area contributed by atoms with Crippen molar-refractivity contribution in [1.29, 1.82) is 0 Å². The molecule has 0 saturated carbocycles. The molecule has 2 aromatic rings. The molecule has 1 aromatic carbocycles. The van der Waals surface area contributed by atoms with Gasteiger partial charge in [0.1, 0.15) is 0 Å². The Balaban J connectivity index is 1.87. The van der Waals surface area contributed by atoms with Crippen molar-refractivity contribution in [3.05, 3.63) is 48.3 Å². The van der Waals surface area contributed by atoms with Gasteiger partial charge in [0.2, 0.25) is 0 Å². The molecule has 0 bridgehead atoms. The van der Waals surface area contributed by atoms with Gasteiger partial charge in [-0.15, -0.1) is 0 Å². The lowest BCUT2D eigenvalue weighted by Gasteiger charge is -2.28. The van der Waals surface area contributed by atoms with E-state index in [9.17, 15) is 9.90 Å². The molecule has 0 radical (unpaired) electrons. The molecular formula is C17H24N4O2. The molecule has 0 fully saturated rings. The number of nitrogens with zero attached hydrogens (tertiary/aromatic N) is 2. The highest BCUT2D eigenvalue weighted by Crippen LogP contribution is 2.11. The molecule has 1 aromatic heterocycles. The molecule has 1 unspecified atom stereocenters. The fraction of sp³-hybridized carbons (Fsp3) is 0.412. The van der Waals surface area contributed by atoms with Crippen LogP contribution in [-0.4, -0.2) is 33.1 Å². The van der Waals surface area contributed by atoms with Crippen molar-refractivity contribution < 1.29 is 9.90 Å². The van der Waals surface area contributed by atoms with Crippen molar-refractivity contribution in [3.63, 3.8) is 0 Å². The Morgan fingerprint density at radius 3 is 2.65 bits per heavy atom. The van der Waals surface area contributed by atoms with E-state index >= 15 is 0 Å². The van der Waals surface area contributed by atoms with Crippen molar-refractivity contribution in [2.75, 3.05) is 6.61 Å². The Bertz CT molecular complexity index is 610. The highest BCUT2D eigenvalue weighted by Gasteiger charge is 2.24. The largest absolute Gasteiger partial charge is 0.394 e. The summed E-state index contributed by atoms with van der Waals surface area (Å²) in [5.74, 6) is 0. The lowest BCUT2D eigenvalue weighted by Crippen LogP contribution is -2.52. The molecule has 0 aliphatic carbocycles. The first kappa shape index (κ1) is 17.0. The van der Waals surface area contributed by atoms with Crippen LogP contribution in [0.5, 0.6) is 0 Å². The van der Waals surface area contributed by atoms with Crippen LogP contribution in [0.1, 0.15) is 32.3 Å². The third kappa shape index (κ3) is 4.82. The number of aliphatic hydroxyl groups excluding tert-OH is 1. The summed E-state index contributed by atoms with van der Waals surface area (Å²) in [5.41, 5.74) is 1.39. The summed E-state index contributed by atoms with van der Waals surface area (Å²) in [6, 6.07) is 9.41. The summed E-state index contributed by atoms with van der Waals surface area (Å²) in [7, 11) is 0. The highest BCUT2D eigenvalue weighted by molar-refractivity contribution is 5.74. The summed E-state index contributed by atoms with van der Waals surface area (Å²) in [5, 5.41) is 19.2. The number of carbonyl (C=O) groups is 1. The third-order valence-electron chi connectivity index (χ3n) is 3.72. The van der Waals surface area contributed by atoms with Crippen LogP contribution in [0.3, 0.4) is 0 Å². The number of aliphatic hydroxyl groups is 1. The minimum atomic E-state index is -0.581. The van der Waals surface area contributed by atoms with Crippen LogP contribution >= 0.6 is 0 Å². The number of hydrogen-bond donors (Lipinski definition) is 3. The van der Waals surface area contributed by atoms with E-state index in [4.69, 9.17) is 0 Å². The van der Waals surface area contributed by atoms with Gasteiger partial charge in [0.15, 0.2) is 0 Å². The number of rotatable bonds is 7. The number of benzene rings is 1. The van der Waals surface area contributed by atoms with Gasteiger partial charge in [0.25, 0.3) is 0 Å². The summed E-state index contributed by atoms with van der Waals surface area (Å²) >= 11 is 0. The minimum absolute atomic E-state index is 0.0766. The number of nitrogens with one attached hydrogen (secondary N) is 2. The fourth-order valence-corrected chi connectivity index (χ4v) is 2.42. The number of hydrogen-bond acceptors (Lipinski definition) is 3. The summed E-state index contributed by atoms with van der Waals surface area (Å²) in [4.78, 5) is 12.0. The molecule has 0 aliphatic rings. The van der Waals surface area contributed by atoms with E-state index in [-0.39, 0.29) is 12.6 Å². The first-order valence-corrected chi connectivity index (χ1v) is 7.82. The predicted molar refractivity (Wildman–Crippen MR) is 89.3 cm³/mol. The molecule has 1 heterocycles. The van der Waals surface area contributed by atoms with E-state index in [1.54, 1.807) is 10.9 Å². The minimum Gasteiger partial charge on any atom is -0.394 e. The summed E-state index contributed by atoms with van der Waals surface area (Å²) in [6.07, 6.45) is 5.24. The van der Waals surface area contributed by atoms with Gasteiger partial charge in [-0.25, -0.2) is 9.48 Å². The van der Waals surface area contributed by atoms with Crippen LogP contribution in [0.2, 0.25) is 0 Å². The van der Waals surface area contributed by atoms with Crippen molar-refractivity contribution in [1.82, 2.24) is 20.4 Å². The Kier molecular flexibility index (Phi) is 5.76.